The van der Waals surface area contributed by atoms with Gasteiger partial charge in [0.15, 0.2) is 11.5 Å². The number of urea groups is 1. The summed E-state index contributed by atoms with van der Waals surface area (Å²) in [6.45, 7) is 1.09. The lowest BCUT2D eigenvalue weighted by molar-refractivity contribution is 0.0824. The molecule has 5 rings (SSSR count). The molecule has 0 saturated heterocycles. The van der Waals surface area contributed by atoms with Gasteiger partial charge in [-0.25, -0.2) is 4.79 Å². The maximum absolute atomic E-state index is 13.0. The van der Waals surface area contributed by atoms with Crippen LogP contribution >= 0.6 is 0 Å². The molecular weight excluding hydrogens is 368 g/mol. The van der Waals surface area contributed by atoms with Crippen LogP contribution in [-0.2, 0) is 12.0 Å². The smallest absolute Gasteiger partial charge is 0.322 e. The molecule has 3 atom stereocenters. The number of methoxy groups -OCH3 is 1. The summed E-state index contributed by atoms with van der Waals surface area (Å²) >= 11 is 0. The molecule has 2 aliphatic heterocycles. The average molecular weight is 392 g/mol. The first-order valence-electron chi connectivity index (χ1n) is 9.96. The molecule has 6 nitrogen and oxygen atoms in total. The number of amides is 2. The highest BCUT2D eigenvalue weighted by atomic mass is 16.5. The molecule has 6 heteroatoms. The fraction of sp³-hybridized carbons (Fsp3) is 0.348. The molecule has 3 aliphatic rings. The Balaban J connectivity index is 1.52. The summed E-state index contributed by atoms with van der Waals surface area (Å²) in [6, 6.07) is 13.3. The van der Waals surface area contributed by atoms with Crippen LogP contribution in [0.1, 0.15) is 24.0 Å². The van der Waals surface area contributed by atoms with Crippen LogP contribution in [0.3, 0.4) is 0 Å². The highest BCUT2D eigenvalue weighted by Gasteiger charge is 2.53. The van der Waals surface area contributed by atoms with Gasteiger partial charge in [-0.1, -0.05) is 36.4 Å². The summed E-state index contributed by atoms with van der Waals surface area (Å²) in [7, 11) is 1.64. The van der Waals surface area contributed by atoms with E-state index in [0.29, 0.717) is 25.3 Å². The van der Waals surface area contributed by atoms with Crippen LogP contribution in [0, 0.1) is 0 Å². The normalized spacial score (nSPS) is 26.8. The van der Waals surface area contributed by atoms with Crippen LogP contribution in [0.4, 0.5) is 10.5 Å². The average Bonchev–Trinajstić information content (AvgIpc) is 2.96. The van der Waals surface area contributed by atoms with Gasteiger partial charge in [-0.2, -0.15) is 0 Å². The lowest BCUT2D eigenvalue weighted by Gasteiger charge is -2.35. The van der Waals surface area contributed by atoms with Gasteiger partial charge in [0.25, 0.3) is 0 Å². The van der Waals surface area contributed by atoms with Crippen molar-refractivity contribution < 1.29 is 19.4 Å². The third-order valence-electron chi connectivity index (χ3n) is 6.27. The van der Waals surface area contributed by atoms with E-state index in [0.717, 1.165) is 29.0 Å². The second-order valence-electron chi connectivity index (χ2n) is 7.91. The number of ether oxygens (including phenoxy) is 2. The number of hydrogen-bond acceptors (Lipinski definition) is 4. The van der Waals surface area contributed by atoms with Crippen molar-refractivity contribution in [3.05, 3.63) is 65.7 Å². The molecule has 0 aromatic heterocycles. The first-order valence-corrected chi connectivity index (χ1v) is 9.96. The van der Waals surface area contributed by atoms with E-state index < -0.39 is 6.10 Å². The molecule has 2 aromatic carbocycles. The molecule has 150 valence electrons. The van der Waals surface area contributed by atoms with E-state index in [1.54, 1.807) is 7.11 Å². The summed E-state index contributed by atoms with van der Waals surface area (Å²) < 4.78 is 11.9. The van der Waals surface area contributed by atoms with E-state index in [-0.39, 0.29) is 17.6 Å². The number of aliphatic hydroxyl groups excluding tert-OH is 1. The highest BCUT2D eigenvalue weighted by molar-refractivity contribution is 5.89. The number of benzene rings is 2. The number of rotatable bonds is 2. The quantitative estimate of drug-likeness (QED) is 0.768. The zero-order valence-corrected chi connectivity index (χ0v) is 16.3. The van der Waals surface area contributed by atoms with Crippen LogP contribution in [0.2, 0.25) is 0 Å². The topological polar surface area (TPSA) is 71.0 Å². The third kappa shape index (κ3) is 2.86. The number of hydrogen-bond donors (Lipinski definition) is 2. The molecule has 1 aliphatic carbocycles. The van der Waals surface area contributed by atoms with Crippen molar-refractivity contribution in [2.24, 2.45) is 0 Å². The second kappa shape index (κ2) is 6.81. The van der Waals surface area contributed by atoms with Gasteiger partial charge in [0, 0.05) is 30.8 Å². The molecule has 0 fully saturated rings. The molecule has 2 heterocycles. The van der Waals surface area contributed by atoms with Crippen molar-refractivity contribution in [3.8, 4) is 11.5 Å². The fourth-order valence-corrected chi connectivity index (χ4v) is 4.83. The van der Waals surface area contributed by atoms with Gasteiger partial charge in [0.2, 0.25) is 0 Å². The van der Waals surface area contributed by atoms with Crippen molar-refractivity contribution in [2.45, 2.75) is 37.0 Å². The van der Waals surface area contributed by atoms with Gasteiger partial charge in [0.05, 0.1) is 18.6 Å². The largest absolute Gasteiger partial charge is 0.493 e. The van der Waals surface area contributed by atoms with Crippen LogP contribution in [-0.4, -0.2) is 41.9 Å². The van der Waals surface area contributed by atoms with Crippen LogP contribution in [0.15, 0.2) is 54.6 Å². The molecule has 0 radical (unpaired) electrons. The Morgan fingerprint density at radius 1 is 1.28 bits per heavy atom. The number of para-hydroxylation sites is 1. The highest BCUT2D eigenvalue weighted by Crippen LogP contribution is 2.55. The summed E-state index contributed by atoms with van der Waals surface area (Å²) in [5.74, 6) is 1.45. The second-order valence-corrected chi connectivity index (χ2v) is 7.91. The monoisotopic (exact) mass is 392 g/mol. The summed E-state index contributed by atoms with van der Waals surface area (Å²) in [5, 5.41) is 13.2. The van der Waals surface area contributed by atoms with E-state index in [1.165, 1.54) is 0 Å². The molecule has 2 amide bonds. The Kier molecular flexibility index (Phi) is 4.24. The summed E-state index contributed by atoms with van der Waals surface area (Å²) in [5.41, 5.74) is 2.59. The van der Waals surface area contributed by atoms with Gasteiger partial charge in [-0.15, -0.1) is 0 Å². The molecule has 1 unspecified atom stereocenters. The van der Waals surface area contributed by atoms with Crippen molar-refractivity contribution >= 4 is 11.7 Å². The van der Waals surface area contributed by atoms with Gasteiger partial charge in [-0.3, -0.25) is 0 Å². The maximum atomic E-state index is 13.0. The Hall–Kier alpha value is -2.99. The van der Waals surface area contributed by atoms with Crippen LogP contribution < -0.4 is 14.8 Å². The molecular formula is C23H24N2O4. The van der Waals surface area contributed by atoms with E-state index in [2.05, 4.69) is 11.4 Å². The molecule has 2 N–H and O–H groups in total. The first-order chi connectivity index (χ1) is 14.1. The van der Waals surface area contributed by atoms with E-state index >= 15 is 0 Å². The molecule has 2 aromatic rings. The van der Waals surface area contributed by atoms with Crippen LogP contribution in [0.25, 0.3) is 0 Å². The van der Waals surface area contributed by atoms with Gasteiger partial charge < -0.3 is 24.8 Å². The van der Waals surface area contributed by atoms with Gasteiger partial charge >= 0.3 is 6.03 Å². The minimum absolute atomic E-state index is 0.116. The van der Waals surface area contributed by atoms with Gasteiger partial charge in [-0.05, 0) is 30.2 Å². The lowest BCUT2D eigenvalue weighted by atomic mass is 9.69. The fourth-order valence-electron chi connectivity index (χ4n) is 4.83. The minimum atomic E-state index is -0.518. The maximum Gasteiger partial charge on any atom is 0.322 e. The lowest BCUT2D eigenvalue weighted by Crippen LogP contribution is -2.43. The van der Waals surface area contributed by atoms with E-state index in [4.69, 9.17) is 9.47 Å². The Morgan fingerprint density at radius 2 is 2.10 bits per heavy atom. The molecule has 1 spiro atoms. The Morgan fingerprint density at radius 3 is 2.90 bits per heavy atom. The number of nitrogens with one attached hydrogen (secondary N) is 1. The number of aliphatic hydroxyl groups is 1. The van der Waals surface area contributed by atoms with Gasteiger partial charge in [0.1, 0.15) is 6.10 Å². The van der Waals surface area contributed by atoms with Crippen molar-refractivity contribution in [1.82, 2.24) is 4.90 Å². The van der Waals surface area contributed by atoms with Crippen LogP contribution in [0.5, 0.6) is 11.5 Å². The predicted octanol–water partition coefficient (Wildman–Crippen LogP) is 3.45. The molecule has 0 bridgehead atoms. The summed E-state index contributed by atoms with van der Waals surface area (Å²) in [6.07, 6.45) is 4.52. The van der Waals surface area contributed by atoms with Crippen molar-refractivity contribution in [2.75, 3.05) is 19.0 Å². The predicted molar refractivity (Wildman–Crippen MR) is 109 cm³/mol. The van der Waals surface area contributed by atoms with E-state index in [9.17, 15) is 9.90 Å². The minimum Gasteiger partial charge on any atom is -0.493 e. The Bertz CT molecular complexity index is 974. The van der Waals surface area contributed by atoms with Crippen molar-refractivity contribution in [1.29, 1.82) is 0 Å². The number of carbonyl (C=O) groups excluding carboxylic acids is 1. The Labute approximate surface area is 169 Å². The molecule has 29 heavy (non-hydrogen) atoms. The third-order valence-corrected chi connectivity index (χ3v) is 6.27. The number of carbonyl (C=O) groups is 1. The summed E-state index contributed by atoms with van der Waals surface area (Å²) in [4.78, 5) is 14.8. The number of anilines is 1. The standard InChI is InChI=1S/C23H24N2O4/c1-28-18-8-7-15-14-25(22(27)24-16-5-3-2-4-6-16)12-11-23-10-9-17(26)13-19(23)29-21(18)20(15)23/h2-10,17,19,26H,11-14H2,1H3,(H,24,27)/t17-,19-,23?/m1/s1. The van der Waals surface area contributed by atoms with E-state index in [1.807, 2.05) is 53.4 Å². The van der Waals surface area contributed by atoms with Crippen molar-refractivity contribution in [3.63, 3.8) is 0 Å². The zero-order valence-electron chi connectivity index (χ0n) is 16.3. The zero-order chi connectivity index (χ0) is 20.0. The number of nitrogens with zero attached hydrogens (tertiary/aromatic N) is 1. The SMILES string of the molecule is COc1ccc2c3c1O[C@@H]1C[C@H](O)C=CC31CCN(C(=O)Nc1ccccc1)C2. The first kappa shape index (κ1) is 18.1. The molecule has 0 saturated carbocycles.